The topological polar surface area (TPSA) is 24.7 Å². The molecule has 23 heavy (non-hydrogen) atoms. The van der Waals surface area contributed by atoms with Crippen LogP contribution in [-0.4, -0.2) is 19.0 Å². The Hall–Kier alpha value is -2.29. The molecule has 0 fully saturated rings. The third-order valence-electron chi connectivity index (χ3n) is 3.33. The van der Waals surface area contributed by atoms with Gasteiger partial charge in [0.25, 0.3) is 0 Å². The number of nitrogens with zero attached hydrogens (tertiary/aromatic N) is 2. The van der Waals surface area contributed by atoms with Crippen LogP contribution >= 0.6 is 0 Å². The maximum absolute atomic E-state index is 13.6. The molecule has 0 aromatic heterocycles. The van der Waals surface area contributed by atoms with E-state index in [0.29, 0.717) is 6.54 Å². The molecule has 0 aliphatic heterocycles. The molecule has 3 heteroatoms. The van der Waals surface area contributed by atoms with Crippen LogP contribution in [0.3, 0.4) is 0 Å². The molecule has 122 valence electrons. The first kappa shape index (κ1) is 18.8. The van der Waals surface area contributed by atoms with Gasteiger partial charge in [0.15, 0.2) is 0 Å². The van der Waals surface area contributed by atoms with Crippen LogP contribution in [0.15, 0.2) is 57.7 Å². The molecule has 0 N–H and O–H groups in total. The van der Waals surface area contributed by atoms with Gasteiger partial charge in [-0.25, -0.2) is 4.39 Å². The van der Waals surface area contributed by atoms with Gasteiger partial charge in [0.2, 0.25) is 0 Å². The third kappa shape index (κ3) is 4.85. The zero-order chi connectivity index (χ0) is 17.4. The lowest BCUT2D eigenvalue weighted by Gasteiger charge is -2.14. The molecule has 2 nitrogen and oxygen atoms in total. The van der Waals surface area contributed by atoms with Crippen LogP contribution in [0.25, 0.3) is 5.57 Å². The second-order valence-corrected chi connectivity index (χ2v) is 4.97. The Balaban J connectivity index is 0.00000127. The monoisotopic (exact) mass is 312 g/mol. The Morgan fingerprint density at radius 3 is 2.43 bits per heavy atom. The van der Waals surface area contributed by atoms with Crippen LogP contribution in [0.4, 0.5) is 4.39 Å². The van der Waals surface area contributed by atoms with Gasteiger partial charge >= 0.3 is 0 Å². The molecule has 0 unspecified atom stereocenters. The normalized spacial score (nSPS) is 17.3. The van der Waals surface area contributed by atoms with Crippen LogP contribution in [0.5, 0.6) is 0 Å². The van der Waals surface area contributed by atoms with Gasteiger partial charge in [-0.3, -0.25) is 9.98 Å². The molecular formula is C20H25FN2. The van der Waals surface area contributed by atoms with Crippen LogP contribution in [-0.2, 0) is 0 Å². The lowest BCUT2D eigenvalue weighted by atomic mass is 9.93. The van der Waals surface area contributed by atoms with Crippen molar-refractivity contribution in [2.24, 2.45) is 9.98 Å². The highest BCUT2D eigenvalue weighted by molar-refractivity contribution is 6.15. The van der Waals surface area contributed by atoms with Gasteiger partial charge in [0.1, 0.15) is 5.82 Å². The number of halogens is 1. The molecule has 1 aliphatic rings. The Labute approximate surface area is 138 Å². The fraction of sp³-hybridized carbons (Fsp3) is 0.300. The highest BCUT2D eigenvalue weighted by Crippen LogP contribution is 2.26. The Morgan fingerprint density at radius 2 is 1.87 bits per heavy atom. The van der Waals surface area contributed by atoms with Gasteiger partial charge in [0.05, 0.1) is 5.71 Å². The summed E-state index contributed by atoms with van der Waals surface area (Å²) in [7, 11) is 0. The number of hydrogen-bond donors (Lipinski definition) is 0. The molecule has 2 rings (SSSR count). The van der Waals surface area contributed by atoms with Crippen molar-refractivity contribution in [2.75, 3.05) is 6.54 Å². The van der Waals surface area contributed by atoms with Crippen molar-refractivity contribution >= 4 is 18.0 Å². The van der Waals surface area contributed by atoms with Crippen molar-refractivity contribution < 1.29 is 4.39 Å². The fourth-order valence-corrected chi connectivity index (χ4v) is 2.30. The fourth-order valence-electron chi connectivity index (χ4n) is 2.30. The van der Waals surface area contributed by atoms with E-state index < -0.39 is 0 Å². The summed E-state index contributed by atoms with van der Waals surface area (Å²) in [6.07, 6.45) is 5.90. The standard InChI is InChI=1S/C18H19FN2.C2H6/c1-5-21-18-7-6-14(11-17(18)13(3)20-4)15-8-12(2)9-16(19)10-15;1-2/h6-11H,4-5H2,1-3H3;1-2H3/b17-13-,21-18?;. The molecule has 0 radical (unpaired) electrons. The average molecular weight is 312 g/mol. The van der Waals surface area contributed by atoms with E-state index in [1.807, 2.05) is 58.9 Å². The van der Waals surface area contributed by atoms with Gasteiger partial charge < -0.3 is 0 Å². The van der Waals surface area contributed by atoms with Gasteiger partial charge in [-0.05, 0) is 68.5 Å². The summed E-state index contributed by atoms with van der Waals surface area (Å²) >= 11 is 0. The van der Waals surface area contributed by atoms with Crippen molar-refractivity contribution in [3.63, 3.8) is 0 Å². The number of aryl methyl sites for hydroxylation is 1. The average Bonchev–Trinajstić information content (AvgIpc) is 2.55. The number of hydrogen-bond acceptors (Lipinski definition) is 2. The molecule has 1 aromatic rings. The van der Waals surface area contributed by atoms with Gasteiger partial charge in [-0.15, -0.1) is 0 Å². The molecule has 1 aromatic carbocycles. The Kier molecular flexibility index (Phi) is 7.33. The minimum atomic E-state index is -0.226. The van der Waals surface area contributed by atoms with E-state index in [4.69, 9.17) is 0 Å². The van der Waals surface area contributed by atoms with E-state index in [-0.39, 0.29) is 5.82 Å². The molecule has 0 bridgehead atoms. The van der Waals surface area contributed by atoms with Crippen LogP contribution < -0.4 is 0 Å². The van der Waals surface area contributed by atoms with E-state index in [2.05, 4.69) is 16.7 Å². The summed E-state index contributed by atoms with van der Waals surface area (Å²) in [5.41, 5.74) is 5.35. The summed E-state index contributed by atoms with van der Waals surface area (Å²) < 4.78 is 13.6. The minimum absolute atomic E-state index is 0.226. The van der Waals surface area contributed by atoms with Crippen molar-refractivity contribution in [2.45, 2.75) is 34.6 Å². The molecule has 0 atom stereocenters. The van der Waals surface area contributed by atoms with Crippen molar-refractivity contribution in [3.05, 3.63) is 64.6 Å². The summed E-state index contributed by atoms with van der Waals surface area (Å²) in [6, 6.07) is 5.03. The second-order valence-electron chi connectivity index (χ2n) is 4.97. The van der Waals surface area contributed by atoms with E-state index in [1.54, 1.807) is 6.07 Å². The Morgan fingerprint density at radius 1 is 1.17 bits per heavy atom. The van der Waals surface area contributed by atoms with Gasteiger partial charge in [-0.1, -0.05) is 26.0 Å². The summed E-state index contributed by atoms with van der Waals surface area (Å²) in [5, 5.41) is 0. The summed E-state index contributed by atoms with van der Waals surface area (Å²) in [4.78, 5) is 8.47. The lowest BCUT2D eigenvalue weighted by Crippen LogP contribution is -2.05. The lowest BCUT2D eigenvalue weighted by molar-refractivity contribution is 0.626. The van der Waals surface area contributed by atoms with Crippen molar-refractivity contribution in [3.8, 4) is 0 Å². The maximum Gasteiger partial charge on any atom is 0.124 e. The predicted molar refractivity (Wildman–Crippen MR) is 99.8 cm³/mol. The summed E-state index contributed by atoms with van der Waals surface area (Å²) in [6.45, 7) is 14.1. The highest BCUT2D eigenvalue weighted by Gasteiger charge is 2.13. The largest absolute Gasteiger partial charge is 0.285 e. The van der Waals surface area contributed by atoms with Crippen molar-refractivity contribution in [1.82, 2.24) is 0 Å². The van der Waals surface area contributed by atoms with E-state index >= 15 is 0 Å². The zero-order valence-corrected chi connectivity index (χ0v) is 14.7. The van der Waals surface area contributed by atoms with Gasteiger partial charge in [-0.2, -0.15) is 0 Å². The van der Waals surface area contributed by atoms with Crippen LogP contribution in [0, 0.1) is 12.7 Å². The minimum Gasteiger partial charge on any atom is -0.285 e. The third-order valence-corrected chi connectivity index (χ3v) is 3.33. The SMILES string of the molecule is C=N/C(C)=C1/C=C(c2cc(C)cc(F)c2)C=CC1=NCC.CC. The first-order valence-corrected chi connectivity index (χ1v) is 7.95. The van der Waals surface area contributed by atoms with E-state index in [0.717, 1.165) is 33.7 Å². The first-order chi connectivity index (χ1) is 11.0. The predicted octanol–water partition coefficient (Wildman–Crippen LogP) is 5.55. The molecule has 0 saturated heterocycles. The number of aliphatic imine (C=N–C) groups is 2. The molecule has 1 aliphatic carbocycles. The number of rotatable bonds is 3. The quantitative estimate of drug-likeness (QED) is 0.654. The van der Waals surface area contributed by atoms with Crippen LogP contribution in [0.1, 0.15) is 38.8 Å². The molecular weight excluding hydrogens is 287 g/mol. The number of benzene rings is 1. The first-order valence-electron chi connectivity index (χ1n) is 7.95. The number of allylic oxidation sites excluding steroid dienone is 6. The molecule has 0 amide bonds. The van der Waals surface area contributed by atoms with Gasteiger partial charge in [0, 0.05) is 17.8 Å². The van der Waals surface area contributed by atoms with Crippen LogP contribution in [0.2, 0.25) is 0 Å². The molecule has 0 saturated carbocycles. The van der Waals surface area contributed by atoms with E-state index in [9.17, 15) is 4.39 Å². The van der Waals surface area contributed by atoms with E-state index in [1.165, 1.54) is 6.07 Å². The molecule has 0 heterocycles. The second kappa shape index (κ2) is 8.99. The summed E-state index contributed by atoms with van der Waals surface area (Å²) in [5.74, 6) is -0.226. The highest BCUT2D eigenvalue weighted by atomic mass is 19.1. The van der Waals surface area contributed by atoms with Crippen molar-refractivity contribution in [1.29, 1.82) is 0 Å². The molecule has 0 spiro atoms. The zero-order valence-electron chi connectivity index (χ0n) is 14.7. The Bertz CT molecular complexity index is 671. The maximum atomic E-state index is 13.6. The smallest absolute Gasteiger partial charge is 0.124 e.